The van der Waals surface area contributed by atoms with Gasteiger partial charge in [-0.1, -0.05) is 30.3 Å². The molecule has 2 heterocycles. The minimum Gasteiger partial charge on any atom is -0.337 e. The molecule has 1 fully saturated rings. The number of piperazine rings is 1. The number of carbonyl (C=O) groups is 2. The van der Waals surface area contributed by atoms with E-state index in [1.807, 2.05) is 48.1 Å². The van der Waals surface area contributed by atoms with Crippen LogP contribution in [-0.4, -0.2) is 50.8 Å². The van der Waals surface area contributed by atoms with Crippen molar-refractivity contribution in [2.75, 3.05) is 13.6 Å². The smallest absolute Gasteiger partial charge is 0.245 e. The lowest BCUT2D eigenvalue weighted by Crippen LogP contribution is -2.59. The molecular formula is C17H20N4O2. The van der Waals surface area contributed by atoms with Crippen LogP contribution in [0.5, 0.6) is 0 Å². The molecule has 1 aliphatic rings. The second-order valence-electron chi connectivity index (χ2n) is 5.88. The number of aromatic nitrogens is 2. The zero-order valence-corrected chi connectivity index (χ0v) is 13.3. The van der Waals surface area contributed by atoms with Crippen LogP contribution >= 0.6 is 0 Å². The van der Waals surface area contributed by atoms with E-state index in [-0.39, 0.29) is 18.4 Å². The maximum absolute atomic E-state index is 12.6. The van der Waals surface area contributed by atoms with Crippen molar-refractivity contribution in [3.63, 3.8) is 0 Å². The highest BCUT2D eigenvalue weighted by atomic mass is 16.2. The largest absolute Gasteiger partial charge is 0.337 e. The predicted molar refractivity (Wildman–Crippen MR) is 85.3 cm³/mol. The van der Waals surface area contributed by atoms with Crippen LogP contribution in [0.15, 0.2) is 42.7 Å². The maximum atomic E-state index is 12.6. The lowest BCUT2D eigenvalue weighted by molar-refractivity contribution is -0.155. The predicted octanol–water partition coefficient (Wildman–Crippen LogP) is 0.832. The molecule has 0 aliphatic carbocycles. The van der Waals surface area contributed by atoms with Crippen LogP contribution in [0.4, 0.5) is 0 Å². The van der Waals surface area contributed by atoms with Crippen LogP contribution < -0.4 is 0 Å². The van der Waals surface area contributed by atoms with E-state index < -0.39 is 6.04 Å². The first-order chi connectivity index (χ1) is 11.1. The summed E-state index contributed by atoms with van der Waals surface area (Å²) in [7, 11) is 3.56. The van der Waals surface area contributed by atoms with Crippen molar-refractivity contribution in [2.24, 2.45) is 7.05 Å². The molecule has 0 radical (unpaired) electrons. The summed E-state index contributed by atoms with van der Waals surface area (Å²) in [6.07, 6.45) is 4.05. The number of hydrogen-bond acceptors (Lipinski definition) is 3. The molecule has 3 rings (SSSR count). The van der Waals surface area contributed by atoms with Gasteiger partial charge in [-0.3, -0.25) is 9.59 Å². The molecule has 1 aromatic carbocycles. The van der Waals surface area contributed by atoms with Gasteiger partial charge in [0, 0.05) is 32.9 Å². The number of aryl methyl sites for hydroxylation is 1. The van der Waals surface area contributed by atoms with Crippen molar-refractivity contribution in [2.45, 2.75) is 19.0 Å². The Morgan fingerprint density at radius 1 is 1.17 bits per heavy atom. The Hall–Kier alpha value is -2.63. The van der Waals surface area contributed by atoms with Crippen molar-refractivity contribution in [3.05, 3.63) is 54.1 Å². The highest BCUT2D eigenvalue weighted by Crippen LogP contribution is 2.18. The van der Waals surface area contributed by atoms with E-state index in [0.717, 1.165) is 11.4 Å². The van der Waals surface area contributed by atoms with Crippen LogP contribution in [0, 0.1) is 0 Å². The van der Waals surface area contributed by atoms with Gasteiger partial charge in [0.1, 0.15) is 11.9 Å². The summed E-state index contributed by atoms with van der Waals surface area (Å²) in [4.78, 5) is 32.5. The monoisotopic (exact) mass is 312 g/mol. The molecule has 23 heavy (non-hydrogen) atoms. The van der Waals surface area contributed by atoms with Gasteiger partial charge in [0.2, 0.25) is 11.8 Å². The fraction of sp³-hybridized carbons (Fsp3) is 0.353. The minimum atomic E-state index is -0.486. The molecule has 6 heteroatoms. The van der Waals surface area contributed by atoms with Gasteiger partial charge in [-0.2, -0.15) is 0 Å². The number of benzene rings is 1. The molecule has 120 valence electrons. The molecule has 1 saturated heterocycles. The second kappa shape index (κ2) is 6.24. The third-order valence-corrected chi connectivity index (χ3v) is 4.23. The molecular weight excluding hydrogens is 292 g/mol. The molecule has 0 spiro atoms. The molecule has 6 nitrogen and oxygen atoms in total. The topological polar surface area (TPSA) is 58.4 Å². The number of carbonyl (C=O) groups excluding carboxylic acids is 2. The van der Waals surface area contributed by atoms with Crippen LogP contribution in [0.2, 0.25) is 0 Å². The van der Waals surface area contributed by atoms with Crippen molar-refractivity contribution in [1.29, 1.82) is 0 Å². The van der Waals surface area contributed by atoms with Crippen LogP contribution in [0.1, 0.15) is 11.4 Å². The average molecular weight is 312 g/mol. The summed E-state index contributed by atoms with van der Waals surface area (Å²) < 4.78 is 1.87. The third-order valence-electron chi connectivity index (χ3n) is 4.23. The van der Waals surface area contributed by atoms with E-state index in [1.165, 1.54) is 4.90 Å². The van der Waals surface area contributed by atoms with E-state index >= 15 is 0 Å². The highest BCUT2D eigenvalue weighted by Gasteiger charge is 2.38. The van der Waals surface area contributed by atoms with Crippen LogP contribution in [0.3, 0.4) is 0 Å². The molecule has 0 N–H and O–H groups in total. The Balaban J connectivity index is 1.87. The van der Waals surface area contributed by atoms with Crippen LogP contribution in [0.25, 0.3) is 0 Å². The fourth-order valence-corrected chi connectivity index (χ4v) is 2.87. The van der Waals surface area contributed by atoms with Crippen molar-refractivity contribution in [3.8, 4) is 0 Å². The third kappa shape index (κ3) is 3.11. The zero-order valence-electron chi connectivity index (χ0n) is 13.3. The SMILES string of the molecule is CN1CC(=O)N(Cc2nccn2C)[C@@H](Cc2ccccc2)C1=O. The standard InChI is InChI=1S/C17H20N4O2/c1-19-9-8-18-15(19)11-21-14(10-13-6-4-3-5-7-13)17(23)20(2)12-16(21)22/h3-9,14H,10-12H2,1-2H3/t14-/m0/s1. The van der Waals surface area contributed by atoms with Gasteiger partial charge in [-0.15, -0.1) is 0 Å². The quantitative estimate of drug-likeness (QED) is 0.840. The summed E-state index contributed by atoms with van der Waals surface area (Å²) in [5.41, 5.74) is 1.04. The lowest BCUT2D eigenvalue weighted by Gasteiger charge is -2.38. The van der Waals surface area contributed by atoms with E-state index in [0.29, 0.717) is 13.0 Å². The molecule has 0 bridgehead atoms. The van der Waals surface area contributed by atoms with Gasteiger partial charge >= 0.3 is 0 Å². The second-order valence-corrected chi connectivity index (χ2v) is 5.88. The van der Waals surface area contributed by atoms with Crippen molar-refractivity contribution >= 4 is 11.8 Å². The number of hydrogen-bond donors (Lipinski definition) is 0. The van der Waals surface area contributed by atoms with Gasteiger partial charge in [0.25, 0.3) is 0 Å². The van der Waals surface area contributed by atoms with E-state index in [9.17, 15) is 9.59 Å². The Morgan fingerprint density at radius 2 is 1.91 bits per heavy atom. The van der Waals surface area contributed by atoms with E-state index in [2.05, 4.69) is 4.98 Å². The first kappa shape index (κ1) is 15.3. The van der Waals surface area contributed by atoms with Gasteiger partial charge in [-0.25, -0.2) is 4.98 Å². The van der Waals surface area contributed by atoms with E-state index in [1.54, 1.807) is 18.1 Å². The Labute approximate surface area is 135 Å². The number of likely N-dealkylation sites (N-methyl/N-ethyl adjacent to an activating group) is 1. The van der Waals surface area contributed by atoms with Crippen LogP contribution in [-0.2, 0) is 29.6 Å². The van der Waals surface area contributed by atoms with Crippen molar-refractivity contribution < 1.29 is 9.59 Å². The van der Waals surface area contributed by atoms with Crippen molar-refractivity contribution in [1.82, 2.24) is 19.4 Å². The van der Waals surface area contributed by atoms with E-state index in [4.69, 9.17) is 0 Å². The number of nitrogens with zero attached hydrogens (tertiary/aromatic N) is 4. The maximum Gasteiger partial charge on any atom is 0.245 e. The molecule has 2 aromatic rings. The molecule has 1 aliphatic heterocycles. The highest BCUT2D eigenvalue weighted by molar-refractivity contribution is 5.94. The molecule has 1 atom stereocenters. The summed E-state index contributed by atoms with van der Waals surface area (Å²) in [6.45, 7) is 0.466. The van der Waals surface area contributed by atoms with Gasteiger partial charge < -0.3 is 14.4 Å². The zero-order chi connectivity index (χ0) is 16.4. The first-order valence-electron chi connectivity index (χ1n) is 7.61. The molecule has 2 amide bonds. The fourth-order valence-electron chi connectivity index (χ4n) is 2.87. The Bertz CT molecular complexity index is 710. The number of amides is 2. The first-order valence-corrected chi connectivity index (χ1v) is 7.61. The normalized spacial score (nSPS) is 18.6. The summed E-state index contributed by atoms with van der Waals surface area (Å²) in [5, 5.41) is 0. The number of rotatable bonds is 4. The minimum absolute atomic E-state index is 0.0253. The summed E-state index contributed by atoms with van der Waals surface area (Å²) in [6, 6.07) is 9.29. The molecule has 0 unspecified atom stereocenters. The summed E-state index contributed by atoms with van der Waals surface area (Å²) in [5.74, 6) is 0.701. The summed E-state index contributed by atoms with van der Waals surface area (Å²) >= 11 is 0. The Kier molecular flexibility index (Phi) is 4.14. The van der Waals surface area contributed by atoms with Gasteiger partial charge in [0.15, 0.2) is 0 Å². The van der Waals surface area contributed by atoms with Gasteiger partial charge in [-0.05, 0) is 5.56 Å². The number of imidazole rings is 1. The Morgan fingerprint density at radius 3 is 2.57 bits per heavy atom. The average Bonchev–Trinajstić information content (AvgIpc) is 2.94. The molecule has 1 aromatic heterocycles. The molecule has 0 saturated carbocycles. The lowest BCUT2D eigenvalue weighted by atomic mass is 10.0. The van der Waals surface area contributed by atoms with Gasteiger partial charge in [0.05, 0.1) is 13.1 Å².